The van der Waals surface area contributed by atoms with Crippen LogP contribution in [0.3, 0.4) is 0 Å². The summed E-state index contributed by atoms with van der Waals surface area (Å²) in [4.78, 5) is 12.3. The van der Waals surface area contributed by atoms with Crippen LogP contribution < -0.4 is 5.32 Å². The number of anilines is 1. The maximum absolute atomic E-state index is 12.3. The van der Waals surface area contributed by atoms with Gasteiger partial charge in [-0.2, -0.15) is 0 Å². The van der Waals surface area contributed by atoms with Crippen molar-refractivity contribution < 1.29 is 4.79 Å². The maximum Gasteiger partial charge on any atom is 0.272 e. The standard InChI is InChI=1S/C14H13BrCl2N2O/c1-8(2)19-7-9(15)5-13(19)14(20)18-10-3-4-11(16)12(17)6-10/h3-8H,1-2H3,(H,18,20). The number of carbonyl (C=O) groups is 1. The van der Waals surface area contributed by atoms with Crippen molar-refractivity contribution in [2.45, 2.75) is 19.9 Å². The van der Waals surface area contributed by atoms with Crippen LogP contribution in [0.4, 0.5) is 5.69 Å². The molecule has 0 fully saturated rings. The molecule has 6 heteroatoms. The highest BCUT2D eigenvalue weighted by molar-refractivity contribution is 9.10. The van der Waals surface area contributed by atoms with E-state index in [0.29, 0.717) is 21.4 Å². The van der Waals surface area contributed by atoms with Crippen molar-refractivity contribution in [3.63, 3.8) is 0 Å². The number of benzene rings is 1. The summed E-state index contributed by atoms with van der Waals surface area (Å²) in [6.07, 6.45) is 1.88. The van der Waals surface area contributed by atoms with Gasteiger partial charge in [0.2, 0.25) is 0 Å². The third kappa shape index (κ3) is 3.37. The van der Waals surface area contributed by atoms with Crippen LogP contribution in [0.15, 0.2) is 34.9 Å². The summed E-state index contributed by atoms with van der Waals surface area (Å²) >= 11 is 15.2. The molecule has 0 aliphatic heterocycles. The van der Waals surface area contributed by atoms with E-state index in [0.717, 1.165) is 4.47 Å². The molecule has 1 N–H and O–H groups in total. The first-order valence-corrected chi connectivity index (χ1v) is 7.57. The Bertz CT molecular complexity index is 653. The van der Waals surface area contributed by atoms with Crippen LogP contribution in [0.1, 0.15) is 30.4 Å². The van der Waals surface area contributed by atoms with E-state index < -0.39 is 0 Å². The Morgan fingerprint density at radius 3 is 2.55 bits per heavy atom. The topological polar surface area (TPSA) is 34.0 Å². The molecule has 0 spiro atoms. The van der Waals surface area contributed by atoms with E-state index in [9.17, 15) is 4.79 Å². The molecule has 1 amide bonds. The minimum Gasteiger partial charge on any atom is -0.340 e. The summed E-state index contributed by atoms with van der Waals surface area (Å²) in [5.74, 6) is -0.192. The second-order valence-electron chi connectivity index (χ2n) is 4.63. The van der Waals surface area contributed by atoms with Gasteiger partial charge in [0.25, 0.3) is 5.91 Å². The van der Waals surface area contributed by atoms with Gasteiger partial charge in [0.1, 0.15) is 5.69 Å². The molecule has 3 nitrogen and oxygen atoms in total. The maximum atomic E-state index is 12.3. The Labute approximate surface area is 136 Å². The van der Waals surface area contributed by atoms with Gasteiger partial charge in [-0.3, -0.25) is 4.79 Å². The van der Waals surface area contributed by atoms with E-state index in [1.54, 1.807) is 24.3 Å². The predicted octanol–water partition coefficient (Wildman–Crippen LogP) is 5.39. The van der Waals surface area contributed by atoms with Gasteiger partial charge in [-0.1, -0.05) is 23.2 Å². The first-order valence-electron chi connectivity index (χ1n) is 6.02. The number of halogens is 3. The molecule has 2 aromatic rings. The van der Waals surface area contributed by atoms with Gasteiger partial charge in [0, 0.05) is 22.4 Å². The molecule has 0 unspecified atom stereocenters. The normalized spacial score (nSPS) is 10.9. The Kier molecular flexibility index (Phi) is 4.78. The summed E-state index contributed by atoms with van der Waals surface area (Å²) < 4.78 is 2.77. The minimum atomic E-state index is -0.192. The number of amides is 1. The molecule has 0 aliphatic rings. The summed E-state index contributed by atoms with van der Waals surface area (Å²) in [6.45, 7) is 4.03. The second-order valence-corrected chi connectivity index (χ2v) is 6.36. The highest BCUT2D eigenvalue weighted by Gasteiger charge is 2.15. The van der Waals surface area contributed by atoms with Crippen molar-refractivity contribution in [1.29, 1.82) is 0 Å². The summed E-state index contributed by atoms with van der Waals surface area (Å²) in [6, 6.07) is 6.96. The predicted molar refractivity (Wildman–Crippen MR) is 86.9 cm³/mol. The lowest BCUT2D eigenvalue weighted by atomic mass is 10.3. The molecule has 1 aromatic heterocycles. The van der Waals surface area contributed by atoms with E-state index in [-0.39, 0.29) is 11.9 Å². The number of rotatable bonds is 3. The van der Waals surface area contributed by atoms with Crippen molar-refractivity contribution in [1.82, 2.24) is 4.57 Å². The van der Waals surface area contributed by atoms with Gasteiger partial charge in [-0.05, 0) is 54.0 Å². The molecule has 106 valence electrons. The molecule has 0 saturated carbocycles. The molecule has 0 bridgehead atoms. The highest BCUT2D eigenvalue weighted by atomic mass is 79.9. The molecular weight excluding hydrogens is 363 g/mol. The van der Waals surface area contributed by atoms with Gasteiger partial charge < -0.3 is 9.88 Å². The van der Waals surface area contributed by atoms with Gasteiger partial charge >= 0.3 is 0 Å². The van der Waals surface area contributed by atoms with E-state index in [1.807, 2.05) is 24.6 Å². The minimum absolute atomic E-state index is 0.191. The average molecular weight is 376 g/mol. The van der Waals surface area contributed by atoms with Crippen molar-refractivity contribution >= 4 is 50.7 Å². The van der Waals surface area contributed by atoms with Gasteiger partial charge in [-0.15, -0.1) is 0 Å². The van der Waals surface area contributed by atoms with Crippen LogP contribution in [0.2, 0.25) is 10.0 Å². The van der Waals surface area contributed by atoms with Gasteiger partial charge in [0.05, 0.1) is 10.0 Å². The van der Waals surface area contributed by atoms with Crippen molar-refractivity contribution in [2.24, 2.45) is 0 Å². The smallest absolute Gasteiger partial charge is 0.272 e. The van der Waals surface area contributed by atoms with Gasteiger partial charge in [-0.25, -0.2) is 0 Å². The number of nitrogens with zero attached hydrogens (tertiary/aromatic N) is 1. The summed E-state index contributed by atoms with van der Waals surface area (Å²) in [5.41, 5.74) is 1.19. The lowest BCUT2D eigenvalue weighted by Gasteiger charge is -2.13. The summed E-state index contributed by atoms with van der Waals surface area (Å²) in [5, 5.41) is 3.67. The number of carbonyl (C=O) groups excluding carboxylic acids is 1. The van der Waals surface area contributed by atoms with E-state index >= 15 is 0 Å². The zero-order valence-electron chi connectivity index (χ0n) is 11.0. The average Bonchev–Trinajstić information content (AvgIpc) is 2.76. The number of nitrogens with one attached hydrogen (secondary N) is 1. The first-order chi connectivity index (χ1) is 9.38. The van der Waals surface area contributed by atoms with Crippen LogP contribution >= 0.6 is 39.1 Å². The Balaban J connectivity index is 2.26. The zero-order chi connectivity index (χ0) is 14.9. The van der Waals surface area contributed by atoms with E-state index in [4.69, 9.17) is 23.2 Å². The van der Waals surface area contributed by atoms with E-state index in [2.05, 4.69) is 21.2 Å². The molecular formula is C14H13BrCl2N2O. The fourth-order valence-electron chi connectivity index (χ4n) is 1.82. The molecule has 20 heavy (non-hydrogen) atoms. The molecule has 0 atom stereocenters. The van der Waals surface area contributed by atoms with Crippen molar-refractivity contribution in [3.05, 3.63) is 50.7 Å². The Hall–Kier alpha value is -0.970. The summed E-state index contributed by atoms with van der Waals surface area (Å²) in [7, 11) is 0. The van der Waals surface area contributed by atoms with Crippen LogP contribution in [-0.2, 0) is 0 Å². The third-order valence-corrected chi connectivity index (χ3v) is 3.95. The third-order valence-electron chi connectivity index (χ3n) is 2.78. The van der Waals surface area contributed by atoms with Gasteiger partial charge in [0.15, 0.2) is 0 Å². The molecule has 0 saturated heterocycles. The molecule has 1 heterocycles. The number of hydrogen-bond donors (Lipinski definition) is 1. The van der Waals surface area contributed by atoms with Crippen LogP contribution in [0, 0.1) is 0 Å². The molecule has 0 radical (unpaired) electrons. The van der Waals surface area contributed by atoms with Crippen molar-refractivity contribution in [3.8, 4) is 0 Å². The zero-order valence-corrected chi connectivity index (χ0v) is 14.1. The van der Waals surface area contributed by atoms with Crippen LogP contribution in [-0.4, -0.2) is 10.5 Å². The molecule has 0 aliphatic carbocycles. The highest BCUT2D eigenvalue weighted by Crippen LogP contribution is 2.26. The fraction of sp³-hybridized carbons (Fsp3) is 0.214. The van der Waals surface area contributed by atoms with Crippen LogP contribution in [0.25, 0.3) is 0 Å². The second kappa shape index (κ2) is 6.20. The largest absolute Gasteiger partial charge is 0.340 e. The number of aromatic nitrogens is 1. The number of hydrogen-bond acceptors (Lipinski definition) is 1. The quantitative estimate of drug-likeness (QED) is 0.766. The SMILES string of the molecule is CC(C)n1cc(Br)cc1C(=O)Nc1ccc(Cl)c(Cl)c1. The Morgan fingerprint density at radius 2 is 1.95 bits per heavy atom. The monoisotopic (exact) mass is 374 g/mol. The Morgan fingerprint density at radius 1 is 1.25 bits per heavy atom. The molecule has 1 aromatic carbocycles. The van der Waals surface area contributed by atoms with E-state index in [1.165, 1.54) is 0 Å². The lowest BCUT2D eigenvalue weighted by molar-refractivity contribution is 0.101. The fourth-order valence-corrected chi connectivity index (χ4v) is 2.56. The lowest BCUT2D eigenvalue weighted by Crippen LogP contribution is -2.17. The molecule has 2 rings (SSSR count). The van der Waals surface area contributed by atoms with Crippen molar-refractivity contribution in [2.75, 3.05) is 5.32 Å². The first kappa shape index (κ1) is 15.4. The van der Waals surface area contributed by atoms with Crippen LogP contribution in [0.5, 0.6) is 0 Å².